The van der Waals surface area contributed by atoms with Crippen LogP contribution in [0, 0.1) is 0 Å². The summed E-state index contributed by atoms with van der Waals surface area (Å²) in [6.07, 6.45) is 2.32. The van der Waals surface area contributed by atoms with E-state index in [1.807, 2.05) is 6.07 Å². The number of hydrogen-bond acceptors (Lipinski definition) is 2. The molecule has 1 N–H and O–H groups in total. The van der Waals surface area contributed by atoms with Crippen LogP contribution in [0.25, 0.3) is 0 Å². The van der Waals surface area contributed by atoms with Crippen LogP contribution in [-0.4, -0.2) is 0 Å². The first-order valence-corrected chi connectivity index (χ1v) is 8.42. The van der Waals surface area contributed by atoms with Gasteiger partial charge in [-0.05, 0) is 43.0 Å². The fraction of sp³-hybridized carbons (Fsp3) is 0.333. The van der Waals surface area contributed by atoms with E-state index in [0.717, 1.165) is 15.2 Å². The van der Waals surface area contributed by atoms with Gasteiger partial charge in [-0.3, -0.25) is 0 Å². The first-order valence-electron chi connectivity index (χ1n) is 6.43. The maximum atomic E-state index is 6.11. The molecule has 0 aliphatic heterocycles. The number of fused-ring (bicyclic) bond motifs is 1. The van der Waals surface area contributed by atoms with Crippen molar-refractivity contribution in [3.8, 4) is 0 Å². The Morgan fingerprint density at radius 1 is 1.42 bits per heavy atom. The number of halogens is 2. The quantitative estimate of drug-likeness (QED) is 0.765. The van der Waals surface area contributed by atoms with E-state index in [-0.39, 0.29) is 0 Å². The Bertz CT molecular complexity index is 596. The molecule has 19 heavy (non-hydrogen) atoms. The van der Waals surface area contributed by atoms with Crippen molar-refractivity contribution >= 4 is 38.9 Å². The van der Waals surface area contributed by atoms with Gasteiger partial charge in [0.15, 0.2) is 0 Å². The zero-order valence-corrected chi connectivity index (χ0v) is 13.8. The Hall–Kier alpha value is -0.350. The summed E-state index contributed by atoms with van der Waals surface area (Å²) in [5, 5.41) is 3.72. The Morgan fingerprint density at radius 2 is 2.21 bits per heavy atom. The summed E-state index contributed by atoms with van der Waals surface area (Å²) >= 11 is 11.5. The third-order valence-corrected chi connectivity index (χ3v) is 5.73. The molecule has 0 bridgehead atoms. The van der Waals surface area contributed by atoms with Gasteiger partial charge in [-0.1, -0.05) is 45.7 Å². The summed E-state index contributed by atoms with van der Waals surface area (Å²) < 4.78 is 2.07. The highest BCUT2D eigenvalue weighted by Crippen LogP contribution is 2.40. The van der Waals surface area contributed by atoms with Gasteiger partial charge in [0.25, 0.3) is 0 Å². The van der Waals surface area contributed by atoms with E-state index in [0.29, 0.717) is 12.1 Å². The van der Waals surface area contributed by atoms with Gasteiger partial charge in [-0.2, -0.15) is 0 Å². The van der Waals surface area contributed by atoms with Crippen LogP contribution in [0.4, 0.5) is 0 Å². The van der Waals surface area contributed by atoms with Gasteiger partial charge in [-0.25, -0.2) is 0 Å². The summed E-state index contributed by atoms with van der Waals surface area (Å²) in [6, 6.07) is 11.3. The molecule has 4 heteroatoms. The lowest BCUT2D eigenvalue weighted by atomic mass is 10.1. The number of rotatable bonds is 3. The van der Waals surface area contributed by atoms with Crippen LogP contribution in [0.3, 0.4) is 0 Å². The molecule has 0 spiro atoms. The van der Waals surface area contributed by atoms with Gasteiger partial charge in [0, 0.05) is 21.4 Å². The Balaban J connectivity index is 1.78. The minimum Gasteiger partial charge on any atom is -0.303 e. The largest absolute Gasteiger partial charge is 0.303 e. The fourth-order valence-corrected chi connectivity index (χ4v) is 4.71. The highest BCUT2D eigenvalue weighted by molar-refractivity contribution is 9.10. The number of hydrogen-bond donors (Lipinski definition) is 1. The van der Waals surface area contributed by atoms with Crippen molar-refractivity contribution in [2.24, 2.45) is 0 Å². The van der Waals surface area contributed by atoms with E-state index in [1.54, 1.807) is 11.3 Å². The van der Waals surface area contributed by atoms with Crippen LogP contribution in [0.1, 0.15) is 41.4 Å². The van der Waals surface area contributed by atoms with Gasteiger partial charge in [0.05, 0.1) is 4.34 Å². The normalized spacial score (nSPS) is 19.4. The highest BCUT2D eigenvalue weighted by Gasteiger charge is 2.26. The van der Waals surface area contributed by atoms with Crippen LogP contribution in [0.2, 0.25) is 4.34 Å². The molecule has 0 amide bonds. The minimum absolute atomic E-state index is 0.324. The van der Waals surface area contributed by atoms with E-state index in [9.17, 15) is 0 Å². The lowest BCUT2D eigenvalue weighted by Gasteiger charge is -2.21. The molecule has 1 nitrogen and oxygen atoms in total. The lowest BCUT2D eigenvalue weighted by Crippen LogP contribution is -2.23. The summed E-state index contributed by atoms with van der Waals surface area (Å²) in [4.78, 5) is 1.45. The summed E-state index contributed by atoms with van der Waals surface area (Å²) in [7, 11) is 0. The maximum absolute atomic E-state index is 6.11. The molecular weight excluding hydrogens is 342 g/mol. The van der Waals surface area contributed by atoms with Crippen molar-refractivity contribution < 1.29 is 0 Å². The molecule has 1 aromatic heterocycles. The molecule has 2 aromatic rings. The second kappa shape index (κ2) is 5.57. The molecule has 1 aromatic carbocycles. The van der Waals surface area contributed by atoms with Crippen LogP contribution >= 0.6 is 38.9 Å². The van der Waals surface area contributed by atoms with Crippen molar-refractivity contribution in [2.45, 2.75) is 31.8 Å². The van der Waals surface area contributed by atoms with Crippen molar-refractivity contribution in [1.29, 1.82) is 0 Å². The van der Waals surface area contributed by atoms with Gasteiger partial charge < -0.3 is 5.32 Å². The average Bonchev–Trinajstić information content (AvgIpc) is 2.90. The SMILES string of the molecule is C[C@H](NC1CCc2sc(Cl)cc21)c1ccccc1Br. The molecule has 0 saturated carbocycles. The van der Waals surface area contributed by atoms with Gasteiger partial charge in [-0.15, -0.1) is 11.3 Å². The average molecular weight is 357 g/mol. The Morgan fingerprint density at radius 3 is 3.00 bits per heavy atom. The van der Waals surface area contributed by atoms with Crippen molar-refractivity contribution in [3.05, 3.63) is 55.1 Å². The predicted molar refractivity (Wildman–Crippen MR) is 86.1 cm³/mol. The molecule has 2 atom stereocenters. The summed E-state index contributed by atoms with van der Waals surface area (Å²) in [5.41, 5.74) is 2.70. The molecule has 1 unspecified atom stereocenters. The third-order valence-electron chi connectivity index (χ3n) is 3.67. The fourth-order valence-electron chi connectivity index (χ4n) is 2.72. The van der Waals surface area contributed by atoms with Crippen LogP contribution < -0.4 is 5.32 Å². The Kier molecular flexibility index (Phi) is 3.99. The minimum atomic E-state index is 0.324. The van der Waals surface area contributed by atoms with Gasteiger partial charge in [0.2, 0.25) is 0 Å². The molecule has 3 rings (SSSR count). The van der Waals surface area contributed by atoms with E-state index in [1.165, 1.54) is 22.4 Å². The smallest absolute Gasteiger partial charge is 0.0934 e. The topological polar surface area (TPSA) is 12.0 Å². The third kappa shape index (κ3) is 2.75. The number of thiophene rings is 1. The molecular formula is C15H15BrClNS. The van der Waals surface area contributed by atoms with E-state index in [2.05, 4.69) is 52.4 Å². The number of nitrogens with one attached hydrogen (secondary N) is 1. The first-order chi connectivity index (χ1) is 9.15. The number of benzene rings is 1. The standard InChI is InChI=1S/C15H15BrClNS/c1-9(10-4-2-3-5-12(10)16)18-13-6-7-14-11(13)8-15(17)19-14/h2-5,8-9,13,18H,6-7H2,1H3/t9-,13?/m0/s1. The van der Waals surface area contributed by atoms with Crippen LogP contribution in [0.15, 0.2) is 34.8 Å². The first kappa shape index (κ1) is 13.6. The summed E-state index contributed by atoms with van der Waals surface area (Å²) in [6.45, 7) is 2.21. The number of aryl methyl sites for hydroxylation is 1. The zero-order valence-electron chi connectivity index (χ0n) is 10.6. The van der Waals surface area contributed by atoms with Crippen molar-refractivity contribution in [2.75, 3.05) is 0 Å². The van der Waals surface area contributed by atoms with E-state index in [4.69, 9.17) is 11.6 Å². The second-order valence-corrected chi connectivity index (χ2v) is 7.55. The lowest BCUT2D eigenvalue weighted by molar-refractivity contribution is 0.464. The van der Waals surface area contributed by atoms with Crippen molar-refractivity contribution in [1.82, 2.24) is 5.32 Å². The van der Waals surface area contributed by atoms with Crippen molar-refractivity contribution in [3.63, 3.8) is 0 Å². The van der Waals surface area contributed by atoms with E-state index < -0.39 is 0 Å². The second-order valence-electron chi connectivity index (χ2n) is 4.93. The molecule has 0 fully saturated rings. The monoisotopic (exact) mass is 355 g/mol. The highest BCUT2D eigenvalue weighted by atomic mass is 79.9. The van der Waals surface area contributed by atoms with Crippen LogP contribution in [-0.2, 0) is 6.42 Å². The molecule has 1 heterocycles. The van der Waals surface area contributed by atoms with E-state index >= 15 is 0 Å². The molecule has 0 radical (unpaired) electrons. The molecule has 100 valence electrons. The predicted octanol–water partition coefficient (Wildman–Crippen LogP) is 5.50. The van der Waals surface area contributed by atoms with Crippen LogP contribution in [0.5, 0.6) is 0 Å². The molecule has 0 saturated heterocycles. The molecule has 1 aliphatic rings. The molecule has 1 aliphatic carbocycles. The Labute approximate surface area is 131 Å². The van der Waals surface area contributed by atoms with Gasteiger partial charge in [0.1, 0.15) is 0 Å². The van der Waals surface area contributed by atoms with Gasteiger partial charge >= 0.3 is 0 Å². The zero-order chi connectivity index (χ0) is 13.4. The maximum Gasteiger partial charge on any atom is 0.0934 e. The summed E-state index contributed by atoms with van der Waals surface area (Å²) in [5.74, 6) is 0.